The lowest BCUT2D eigenvalue weighted by Crippen LogP contribution is -1.88. The number of aryl methyl sites for hydroxylation is 1. The summed E-state index contributed by atoms with van der Waals surface area (Å²) in [5.41, 5.74) is -0.0995. The molecule has 0 atom stereocenters. The molecule has 78 valence electrons. The largest absolute Gasteiger partial charge is 0.334 e. The molecule has 6 heteroatoms. The molecule has 0 aliphatic carbocycles. The lowest BCUT2D eigenvalue weighted by Gasteiger charge is -1.99. The zero-order valence-corrected chi connectivity index (χ0v) is 8.35. The predicted molar refractivity (Wildman–Crippen MR) is 49.4 cm³/mol. The molecule has 1 aromatic carbocycles. The number of hydrogen-bond donors (Lipinski definition) is 0. The minimum absolute atomic E-state index is 0.0689. The van der Waals surface area contributed by atoms with E-state index in [1.54, 1.807) is 6.92 Å². The van der Waals surface area contributed by atoms with Crippen LogP contribution in [0.2, 0.25) is 5.02 Å². The molecule has 1 heterocycles. The molecule has 0 bridgehead atoms. The molecule has 15 heavy (non-hydrogen) atoms. The lowest BCUT2D eigenvalue weighted by molar-refractivity contribution is 0.423. The molecule has 0 spiro atoms. The van der Waals surface area contributed by atoms with Crippen molar-refractivity contribution in [3.8, 4) is 11.5 Å². The summed E-state index contributed by atoms with van der Waals surface area (Å²) in [6.45, 7) is 1.58. The van der Waals surface area contributed by atoms with Crippen molar-refractivity contribution in [2.24, 2.45) is 0 Å². The summed E-state index contributed by atoms with van der Waals surface area (Å²) in [4.78, 5) is 3.79. The summed E-state index contributed by atoms with van der Waals surface area (Å²) >= 11 is 5.40. The highest BCUT2D eigenvalue weighted by Gasteiger charge is 2.15. The van der Waals surface area contributed by atoms with Gasteiger partial charge in [0, 0.05) is 0 Å². The minimum atomic E-state index is -0.732. The maximum Gasteiger partial charge on any atom is 0.260 e. The van der Waals surface area contributed by atoms with Crippen LogP contribution >= 0.6 is 11.6 Å². The fraction of sp³-hybridized carbons (Fsp3) is 0.111. The number of rotatable bonds is 1. The van der Waals surface area contributed by atoms with E-state index in [9.17, 15) is 8.78 Å². The molecule has 1 aromatic heterocycles. The van der Waals surface area contributed by atoms with Gasteiger partial charge in [-0.3, -0.25) is 0 Å². The number of benzene rings is 1. The highest BCUT2D eigenvalue weighted by Crippen LogP contribution is 2.26. The molecule has 0 radical (unpaired) electrons. The van der Waals surface area contributed by atoms with E-state index in [2.05, 4.69) is 10.1 Å². The van der Waals surface area contributed by atoms with Crippen molar-refractivity contribution in [2.75, 3.05) is 0 Å². The van der Waals surface area contributed by atoms with Gasteiger partial charge in [-0.05, 0) is 19.1 Å². The van der Waals surface area contributed by atoms with Gasteiger partial charge in [-0.2, -0.15) is 4.98 Å². The van der Waals surface area contributed by atoms with E-state index in [1.165, 1.54) is 0 Å². The van der Waals surface area contributed by atoms with Gasteiger partial charge in [0.05, 0.1) is 10.6 Å². The van der Waals surface area contributed by atoms with E-state index < -0.39 is 11.6 Å². The Labute approximate surface area is 88.7 Å². The van der Waals surface area contributed by atoms with Crippen LogP contribution in [0.15, 0.2) is 16.7 Å². The Morgan fingerprint density at radius 1 is 1.27 bits per heavy atom. The summed E-state index contributed by atoms with van der Waals surface area (Å²) in [6, 6.07) is 1.79. The first-order chi connectivity index (χ1) is 7.08. The molecule has 2 rings (SSSR count). The molecule has 2 aromatic rings. The summed E-state index contributed by atoms with van der Waals surface area (Å²) in [6.07, 6.45) is 0. The Hall–Kier alpha value is -1.49. The van der Waals surface area contributed by atoms with Crippen molar-refractivity contribution in [3.63, 3.8) is 0 Å². The molecule has 0 unspecified atom stereocenters. The van der Waals surface area contributed by atoms with E-state index in [4.69, 9.17) is 16.1 Å². The SMILES string of the molecule is Cc1noc(-c2cc(F)c(Cl)cc2F)n1. The lowest BCUT2D eigenvalue weighted by atomic mass is 10.2. The fourth-order valence-electron chi connectivity index (χ4n) is 1.09. The second-order valence-electron chi connectivity index (χ2n) is 2.89. The van der Waals surface area contributed by atoms with E-state index in [0.717, 1.165) is 12.1 Å². The number of nitrogens with zero attached hydrogens (tertiary/aromatic N) is 2. The smallest absolute Gasteiger partial charge is 0.260 e. The van der Waals surface area contributed by atoms with Gasteiger partial charge in [0.1, 0.15) is 11.6 Å². The Morgan fingerprint density at radius 3 is 2.60 bits per heavy atom. The predicted octanol–water partition coefficient (Wildman–Crippen LogP) is 2.98. The molecule has 3 nitrogen and oxygen atoms in total. The van der Waals surface area contributed by atoms with Crippen molar-refractivity contribution in [2.45, 2.75) is 6.92 Å². The molecule has 0 saturated carbocycles. The fourth-order valence-corrected chi connectivity index (χ4v) is 1.24. The second-order valence-corrected chi connectivity index (χ2v) is 3.30. The van der Waals surface area contributed by atoms with Gasteiger partial charge in [0.15, 0.2) is 5.82 Å². The van der Waals surface area contributed by atoms with Gasteiger partial charge in [-0.1, -0.05) is 16.8 Å². The number of halogens is 3. The van der Waals surface area contributed by atoms with Crippen LogP contribution in [0.25, 0.3) is 11.5 Å². The normalized spacial score (nSPS) is 10.7. The zero-order valence-electron chi connectivity index (χ0n) is 7.59. The molecule has 0 aliphatic rings. The van der Waals surface area contributed by atoms with Gasteiger partial charge in [-0.15, -0.1) is 0 Å². The van der Waals surface area contributed by atoms with Crippen LogP contribution < -0.4 is 0 Å². The standard InChI is InChI=1S/C9H5ClF2N2O/c1-4-13-9(15-14-4)5-2-8(12)6(10)3-7(5)11/h2-3H,1H3. The second kappa shape index (κ2) is 3.58. The molecule has 0 N–H and O–H groups in total. The average Bonchev–Trinajstić information content (AvgIpc) is 2.58. The maximum absolute atomic E-state index is 13.3. The van der Waals surface area contributed by atoms with Crippen molar-refractivity contribution in [1.82, 2.24) is 10.1 Å². The van der Waals surface area contributed by atoms with Gasteiger partial charge >= 0.3 is 0 Å². The van der Waals surface area contributed by atoms with E-state index >= 15 is 0 Å². The van der Waals surface area contributed by atoms with Crippen LogP contribution in [0.4, 0.5) is 8.78 Å². The van der Waals surface area contributed by atoms with E-state index in [-0.39, 0.29) is 16.5 Å². The monoisotopic (exact) mass is 230 g/mol. The summed E-state index contributed by atoms with van der Waals surface area (Å²) < 4.78 is 31.1. The number of aromatic nitrogens is 2. The molecular formula is C9H5ClF2N2O. The summed E-state index contributed by atoms with van der Waals surface area (Å²) in [7, 11) is 0. The Bertz CT molecular complexity index is 513. The van der Waals surface area contributed by atoms with E-state index in [1.807, 2.05) is 0 Å². The Morgan fingerprint density at radius 2 is 2.00 bits per heavy atom. The Balaban J connectivity index is 2.58. The summed E-state index contributed by atoms with van der Waals surface area (Å²) in [5, 5.41) is 3.19. The minimum Gasteiger partial charge on any atom is -0.334 e. The third kappa shape index (κ3) is 1.83. The molecule has 0 aliphatic heterocycles. The topological polar surface area (TPSA) is 38.9 Å². The molecule has 0 saturated heterocycles. The molecular weight excluding hydrogens is 226 g/mol. The van der Waals surface area contributed by atoms with E-state index in [0.29, 0.717) is 5.82 Å². The first-order valence-electron chi connectivity index (χ1n) is 4.03. The van der Waals surface area contributed by atoms with Crippen molar-refractivity contribution < 1.29 is 13.3 Å². The van der Waals surface area contributed by atoms with Crippen molar-refractivity contribution in [3.05, 3.63) is 34.6 Å². The average molecular weight is 231 g/mol. The van der Waals surface area contributed by atoms with Crippen LogP contribution in [0.3, 0.4) is 0 Å². The van der Waals surface area contributed by atoms with Crippen molar-refractivity contribution >= 4 is 11.6 Å². The summed E-state index contributed by atoms with van der Waals surface area (Å²) in [5.74, 6) is -1.16. The first-order valence-corrected chi connectivity index (χ1v) is 4.41. The quantitative estimate of drug-likeness (QED) is 0.707. The molecule has 0 amide bonds. The van der Waals surface area contributed by atoms with Crippen LogP contribution in [0.1, 0.15) is 5.82 Å². The van der Waals surface area contributed by atoms with Gasteiger partial charge in [-0.25, -0.2) is 8.78 Å². The third-order valence-electron chi connectivity index (χ3n) is 1.77. The van der Waals surface area contributed by atoms with Crippen LogP contribution in [0.5, 0.6) is 0 Å². The van der Waals surface area contributed by atoms with Gasteiger partial charge < -0.3 is 4.52 Å². The van der Waals surface area contributed by atoms with Gasteiger partial charge in [0.25, 0.3) is 5.89 Å². The van der Waals surface area contributed by atoms with Gasteiger partial charge in [0.2, 0.25) is 0 Å². The van der Waals surface area contributed by atoms with Crippen molar-refractivity contribution in [1.29, 1.82) is 0 Å². The van der Waals surface area contributed by atoms with Crippen LogP contribution in [-0.2, 0) is 0 Å². The first kappa shape index (κ1) is 10.0. The van der Waals surface area contributed by atoms with Crippen LogP contribution in [-0.4, -0.2) is 10.1 Å². The Kier molecular flexibility index (Phi) is 2.40. The highest BCUT2D eigenvalue weighted by atomic mass is 35.5. The molecule has 0 fully saturated rings. The maximum atomic E-state index is 13.3. The highest BCUT2D eigenvalue weighted by molar-refractivity contribution is 6.30. The third-order valence-corrected chi connectivity index (χ3v) is 2.06. The van der Waals surface area contributed by atoms with Crippen LogP contribution in [0, 0.1) is 18.6 Å². The zero-order chi connectivity index (χ0) is 11.0. The number of hydrogen-bond acceptors (Lipinski definition) is 3.